The van der Waals surface area contributed by atoms with Gasteiger partial charge in [-0.25, -0.2) is 0 Å². The van der Waals surface area contributed by atoms with E-state index in [0.717, 1.165) is 0 Å². The third-order valence-corrected chi connectivity index (χ3v) is 1.18. The van der Waals surface area contributed by atoms with E-state index in [1.165, 1.54) is 7.11 Å². The average molecular weight is 159 g/mol. The molecule has 0 saturated carbocycles. The Labute approximate surface area is 55.8 Å². The molecule has 3 nitrogen and oxygen atoms in total. The Balaban J connectivity index is 2.99. The summed E-state index contributed by atoms with van der Waals surface area (Å²) in [6.45, 7) is 0.252. The van der Waals surface area contributed by atoms with E-state index in [2.05, 4.69) is 8.37 Å². The first-order valence-corrected chi connectivity index (χ1v) is 3.50. The molecule has 1 atom stereocenters. The molecular formula is C3H7ClO3S. The van der Waals surface area contributed by atoms with Crippen LogP contribution >= 0.6 is 11.6 Å². The highest BCUT2D eigenvalue weighted by molar-refractivity contribution is 7.75. The lowest BCUT2D eigenvalue weighted by Gasteiger charge is -1.94. The Kier molecular flexibility index (Phi) is 5.74. The van der Waals surface area contributed by atoms with E-state index < -0.39 is 11.4 Å². The van der Waals surface area contributed by atoms with Crippen molar-refractivity contribution in [2.45, 2.75) is 0 Å². The fourth-order valence-electron chi connectivity index (χ4n) is 0.148. The van der Waals surface area contributed by atoms with Crippen molar-refractivity contribution >= 4 is 23.0 Å². The van der Waals surface area contributed by atoms with Gasteiger partial charge in [0.15, 0.2) is 0 Å². The van der Waals surface area contributed by atoms with Gasteiger partial charge < -0.3 is 0 Å². The van der Waals surface area contributed by atoms with Gasteiger partial charge >= 0.3 is 11.4 Å². The van der Waals surface area contributed by atoms with Crippen molar-refractivity contribution in [3.05, 3.63) is 0 Å². The Bertz CT molecular complexity index is 76.9. The normalized spacial score (nSPS) is 13.8. The molecule has 0 aromatic carbocycles. The summed E-state index contributed by atoms with van der Waals surface area (Å²) < 4.78 is 18.9. The van der Waals surface area contributed by atoms with E-state index in [0.29, 0.717) is 5.88 Å². The van der Waals surface area contributed by atoms with Crippen LogP contribution in [0.3, 0.4) is 0 Å². The first-order chi connectivity index (χ1) is 3.81. The minimum atomic E-state index is -1.61. The second kappa shape index (κ2) is 5.50. The van der Waals surface area contributed by atoms with E-state index >= 15 is 0 Å². The molecular weight excluding hydrogens is 152 g/mol. The molecule has 5 heteroatoms. The van der Waals surface area contributed by atoms with Gasteiger partial charge in [-0.3, -0.25) is 8.37 Å². The summed E-state index contributed by atoms with van der Waals surface area (Å²) in [4.78, 5) is 0. The molecule has 0 amide bonds. The van der Waals surface area contributed by atoms with E-state index in [9.17, 15) is 4.21 Å². The van der Waals surface area contributed by atoms with Gasteiger partial charge in [0.05, 0.1) is 13.7 Å². The molecule has 0 fully saturated rings. The number of alkyl halides is 1. The van der Waals surface area contributed by atoms with Gasteiger partial charge in [-0.15, -0.1) is 11.6 Å². The number of hydrogen-bond acceptors (Lipinski definition) is 3. The van der Waals surface area contributed by atoms with Crippen molar-refractivity contribution in [1.29, 1.82) is 0 Å². The molecule has 0 aliphatic rings. The minimum absolute atomic E-state index is 0.252. The van der Waals surface area contributed by atoms with Crippen LogP contribution in [0.15, 0.2) is 0 Å². The first-order valence-electron chi connectivity index (χ1n) is 1.96. The summed E-state index contributed by atoms with van der Waals surface area (Å²) in [5, 5.41) is 0. The SMILES string of the molecule is CO[S@](=O)OCCCl. The van der Waals surface area contributed by atoms with Crippen molar-refractivity contribution in [1.82, 2.24) is 0 Å². The average Bonchev–Trinajstić information content (AvgIpc) is 1.83. The molecule has 0 heterocycles. The zero-order chi connectivity index (χ0) is 6.41. The molecule has 0 aliphatic heterocycles. The molecule has 50 valence electrons. The molecule has 0 N–H and O–H groups in total. The van der Waals surface area contributed by atoms with Crippen LogP contribution in [0.2, 0.25) is 0 Å². The lowest BCUT2D eigenvalue weighted by Crippen LogP contribution is -2.00. The molecule has 8 heavy (non-hydrogen) atoms. The summed E-state index contributed by atoms with van der Waals surface area (Å²) in [7, 11) is 1.30. The fraction of sp³-hybridized carbons (Fsp3) is 1.00. The minimum Gasteiger partial charge on any atom is -0.272 e. The third-order valence-electron chi connectivity index (χ3n) is 0.393. The van der Waals surface area contributed by atoms with Crippen LogP contribution in [0, 0.1) is 0 Å². The van der Waals surface area contributed by atoms with E-state index in [1.807, 2.05) is 0 Å². The van der Waals surface area contributed by atoms with Crippen LogP contribution in [0.5, 0.6) is 0 Å². The molecule has 0 unspecified atom stereocenters. The summed E-state index contributed by atoms with van der Waals surface area (Å²) in [5.41, 5.74) is 0. The Morgan fingerprint density at radius 1 is 1.75 bits per heavy atom. The van der Waals surface area contributed by atoms with E-state index in [1.54, 1.807) is 0 Å². The second-order valence-corrected chi connectivity index (χ2v) is 2.24. The van der Waals surface area contributed by atoms with Crippen LogP contribution in [0.1, 0.15) is 0 Å². The van der Waals surface area contributed by atoms with E-state index in [-0.39, 0.29) is 6.61 Å². The first kappa shape index (κ1) is 8.36. The van der Waals surface area contributed by atoms with Gasteiger partial charge in [0.1, 0.15) is 0 Å². The van der Waals surface area contributed by atoms with Crippen LogP contribution < -0.4 is 0 Å². The smallest absolute Gasteiger partial charge is 0.272 e. The molecule has 0 aromatic rings. The van der Waals surface area contributed by atoms with Gasteiger partial charge in [-0.05, 0) is 0 Å². The number of hydrogen-bond donors (Lipinski definition) is 0. The second-order valence-electron chi connectivity index (χ2n) is 0.882. The predicted octanol–water partition coefficient (Wildman–Crippen LogP) is 0.467. The molecule has 0 saturated heterocycles. The molecule has 0 rings (SSSR count). The van der Waals surface area contributed by atoms with Crippen LogP contribution in [-0.2, 0) is 19.7 Å². The Morgan fingerprint density at radius 3 is 2.75 bits per heavy atom. The highest BCUT2D eigenvalue weighted by Crippen LogP contribution is 1.85. The van der Waals surface area contributed by atoms with Crippen LogP contribution in [0.4, 0.5) is 0 Å². The largest absolute Gasteiger partial charge is 0.304 e. The van der Waals surface area contributed by atoms with Gasteiger partial charge in [0.25, 0.3) is 0 Å². The van der Waals surface area contributed by atoms with Crippen molar-refractivity contribution in [3.63, 3.8) is 0 Å². The maximum atomic E-state index is 10.2. The zero-order valence-electron chi connectivity index (χ0n) is 4.43. The van der Waals surface area contributed by atoms with Crippen molar-refractivity contribution in [3.8, 4) is 0 Å². The lowest BCUT2D eigenvalue weighted by atomic mass is 10.9. The number of halogens is 1. The van der Waals surface area contributed by atoms with Crippen molar-refractivity contribution < 1.29 is 12.6 Å². The molecule has 0 aromatic heterocycles. The molecule has 0 spiro atoms. The zero-order valence-corrected chi connectivity index (χ0v) is 6.00. The summed E-state index contributed by atoms with van der Waals surface area (Å²) in [6.07, 6.45) is 0. The molecule has 0 bridgehead atoms. The van der Waals surface area contributed by atoms with E-state index in [4.69, 9.17) is 11.6 Å². The lowest BCUT2D eigenvalue weighted by molar-refractivity contribution is 0.297. The maximum absolute atomic E-state index is 10.2. The number of rotatable bonds is 4. The summed E-state index contributed by atoms with van der Waals surface area (Å²) in [6, 6.07) is 0. The summed E-state index contributed by atoms with van der Waals surface area (Å²) in [5.74, 6) is 0.328. The van der Waals surface area contributed by atoms with Gasteiger partial charge in [0, 0.05) is 5.88 Å². The topological polar surface area (TPSA) is 35.5 Å². The third kappa shape index (κ3) is 4.52. The Hall–Kier alpha value is 0.360. The quantitative estimate of drug-likeness (QED) is 0.558. The van der Waals surface area contributed by atoms with Crippen molar-refractivity contribution in [2.75, 3.05) is 19.6 Å². The highest BCUT2D eigenvalue weighted by atomic mass is 35.5. The van der Waals surface area contributed by atoms with Gasteiger partial charge in [0.2, 0.25) is 0 Å². The van der Waals surface area contributed by atoms with Crippen LogP contribution in [0.25, 0.3) is 0 Å². The standard InChI is InChI=1S/C3H7ClO3S/c1-6-8(5)7-3-2-4/h2-3H2,1H3/t8-/m0/s1. The monoisotopic (exact) mass is 158 g/mol. The molecule has 0 radical (unpaired) electrons. The predicted molar refractivity (Wildman–Crippen MR) is 31.8 cm³/mol. The fourth-order valence-corrected chi connectivity index (χ4v) is 0.632. The Morgan fingerprint density at radius 2 is 2.38 bits per heavy atom. The highest BCUT2D eigenvalue weighted by Gasteiger charge is 1.92. The maximum Gasteiger partial charge on any atom is 0.304 e. The van der Waals surface area contributed by atoms with Crippen molar-refractivity contribution in [2.24, 2.45) is 0 Å². The summed E-state index contributed by atoms with van der Waals surface area (Å²) >= 11 is 3.58. The van der Waals surface area contributed by atoms with Gasteiger partial charge in [-0.1, -0.05) is 0 Å². The molecule has 0 aliphatic carbocycles. The van der Waals surface area contributed by atoms with Crippen LogP contribution in [-0.4, -0.2) is 23.8 Å². The van der Waals surface area contributed by atoms with Gasteiger partial charge in [-0.2, -0.15) is 4.21 Å².